The molecule has 0 unspecified atom stereocenters. The maximum absolute atomic E-state index is 11.1. The molecule has 0 bridgehead atoms. The Bertz CT molecular complexity index is 196. The van der Waals surface area contributed by atoms with Gasteiger partial charge in [0.2, 0.25) is 5.91 Å². The van der Waals surface area contributed by atoms with Crippen LogP contribution in [0.5, 0.6) is 0 Å². The van der Waals surface area contributed by atoms with Gasteiger partial charge in [-0.2, -0.15) is 5.26 Å². The normalized spacial score (nSPS) is 10.5. The molecular weight excluding hydrogens is 176 g/mol. The van der Waals surface area contributed by atoms with E-state index in [9.17, 15) is 4.79 Å². The van der Waals surface area contributed by atoms with Crippen molar-refractivity contribution in [1.82, 2.24) is 5.32 Å². The summed E-state index contributed by atoms with van der Waals surface area (Å²) in [5, 5.41) is 11.2. The first-order valence-electron chi connectivity index (χ1n) is 3.80. The Morgan fingerprint density at radius 2 is 2.25 bits per heavy atom. The van der Waals surface area contributed by atoms with E-state index in [1.54, 1.807) is 13.8 Å². The average molecular weight is 189 g/mol. The molecule has 0 aliphatic heterocycles. The summed E-state index contributed by atoms with van der Waals surface area (Å²) in [7, 11) is 0. The Morgan fingerprint density at radius 1 is 1.67 bits per heavy atom. The van der Waals surface area contributed by atoms with Crippen LogP contribution in [0.1, 0.15) is 26.7 Å². The van der Waals surface area contributed by atoms with Gasteiger partial charge in [-0.25, -0.2) is 0 Å². The van der Waals surface area contributed by atoms with Crippen LogP contribution in [0.15, 0.2) is 0 Å². The standard InChI is InChI=1S/C8H13ClN2O/c1-8(2,6-10)11-7(12)4-3-5-9/h3-5H2,1-2H3,(H,11,12). The maximum atomic E-state index is 11.1. The molecule has 1 amide bonds. The summed E-state index contributed by atoms with van der Waals surface area (Å²) in [6.07, 6.45) is 1.03. The second kappa shape index (κ2) is 5.00. The minimum Gasteiger partial charge on any atom is -0.338 e. The van der Waals surface area contributed by atoms with Gasteiger partial charge in [0, 0.05) is 12.3 Å². The van der Waals surface area contributed by atoms with Crippen LogP contribution >= 0.6 is 11.6 Å². The van der Waals surface area contributed by atoms with E-state index >= 15 is 0 Å². The van der Waals surface area contributed by atoms with E-state index in [1.807, 2.05) is 6.07 Å². The number of hydrogen-bond donors (Lipinski definition) is 1. The summed E-state index contributed by atoms with van der Waals surface area (Å²) >= 11 is 5.41. The quantitative estimate of drug-likeness (QED) is 0.679. The summed E-state index contributed by atoms with van der Waals surface area (Å²) in [5.74, 6) is 0.350. The van der Waals surface area contributed by atoms with Crippen molar-refractivity contribution in [3.8, 4) is 6.07 Å². The molecule has 1 N–H and O–H groups in total. The van der Waals surface area contributed by atoms with Crippen molar-refractivity contribution in [2.45, 2.75) is 32.2 Å². The Balaban J connectivity index is 3.78. The highest BCUT2D eigenvalue weighted by molar-refractivity contribution is 6.17. The highest BCUT2D eigenvalue weighted by Gasteiger charge is 2.18. The number of carbonyl (C=O) groups is 1. The molecule has 0 aliphatic carbocycles. The minimum absolute atomic E-state index is 0.123. The molecule has 0 saturated heterocycles. The predicted octanol–water partition coefficient (Wildman–Crippen LogP) is 1.42. The van der Waals surface area contributed by atoms with E-state index in [0.29, 0.717) is 18.7 Å². The van der Waals surface area contributed by atoms with Crippen LogP contribution in [0, 0.1) is 11.3 Å². The number of nitrogens with one attached hydrogen (secondary N) is 1. The zero-order chi connectivity index (χ0) is 9.61. The lowest BCUT2D eigenvalue weighted by Crippen LogP contribution is -2.41. The molecule has 0 heterocycles. The third kappa shape index (κ3) is 4.97. The van der Waals surface area contributed by atoms with Crippen molar-refractivity contribution in [1.29, 1.82) is 5.26 Å². The zero-order valence-corrected chi connectivity index (χ0v) is 8.11. The number of alkyl halides is 1. The fraction of sp³-hybridized carbons (Fsp3) is 0.750. The first-order valence-corrected chi connectivity index (χ1v) is 4.33. The summed E-state index contributed by atoms with van der Waals surface area (Å²) in [6, 6.07) is 1.98. The summed E-state index contributed by atoms with van der Waals surface area (Å²) in [6.45, 7) is 3.32. The molecular formula is C8H13ClN2O. The molecule has 0 aromatic heterocycles. The number of carbonyl (C=O) groups excluding carboxylic acids is 1. The van der Waals surface area contributed by atoms with Crippen molar-refractivity contribution in [3.63, 3.8) is 0 Å². The second-order valence-electron chi connectivity index (χ2n) is 3.08. The van der Waals surface area contributed by atoms with Crippen molar-refractivity contribution in [3.05, 3.63) is 0 Å². The van der Waals surface area contributed by atoms with E-state index in [1.165, 1.54) is 0 Å². The third-order valence-corrected chi connectivity index (χ3v) is 1.54. The molecule has 0 rings (SSSR count). The molecule has 12 heavy (non-hydrogen) atoms. The van der Waals surface area contributed by atoms with Crippen LogP contribution in [0.2, 0.25) is 0 Å². The molecule has 0 atom stereocenters. The fourth-order valence-corrected chi connectivity index (χ4v) is 0.800. The van der Waals surface area contributed by atoms with Gasteiger partial charge in [-0.1, -0.05) is 0 Å². The molecule has 68 valence electrons. The van der Waals surface area contributed by atoms with E-state index < -0.39 is 5.54 Å². The Hall–Kier alpha value is -0.750. The molecule has 4 heteroatoms. The van der Waals surface area contributed by atoms with E-state index in [0.717, 1.165) is 0 Å². The Morgan fingerprint density at radius 3 is 2.67 bits per heavy atom. The average Bonchev–Trinajstić information content (AvgIpc) is 2.00. The second-order valence-corrected chi connectivity index (χ2v) is 3.46. The molecule has 0 radical (unpaired) electrons. The Labute approximate surface area is 77.7 Å². The molecule has 0 aromatic carbocycles. The van der Waals surface area contributed by atoms with Crippen LogP contribution in [-0.4, -0.2) is 17.3 Å². The largest absolute Gasteiger partial charge is 0.338 e. The SMILES string of the molecule is CC(C)(C#N)NC(=O)CCCCl. The minimum atomic E-state index is -0.774. The monoisotopic (exact) mass is 188 g/mol. The highest BCUT2D eigenvalue weighted by atomic mass is 35.5. The van der Waals surface area contributed by atoms with Crippen molar-refractivity contribution in [2.75, 3.05) is 5.88 Å². The Kier molecular flexibility index (Phi) is 4.68. The van der Waals surface area contributed by atoms with Crippen molar-refractivity contribution >= 4 is 17.5 Å². The maximum Gasteiger partial charge on any atom is 0.221 e. The van der Waals surface area contributed by atoms with E-state index in [2.05, 4.69) is 5.32 Å². The van der Waals surface area contributed by atoms with Crippen LogP contribution in [-0.2, 0) is 4.79 Å². The van der Waals surface area contributed by atoms with Crippen LogP contribution in [0.3, 0.4) is 0 Å². The predicted molar refractivity (Wildman–Crippen MR) is 47.8 cm³/mol. The van der Waals surface area contributed by atoms with Gasteiger partial charge in [0.1, 0.15) is 5.54 Å². The molecule has 0 spiro atoms. The number of nitriles is 1. The van der Waals surface area contributed by atoms with Gasteiger partial charge < -0.3 is 5.32 Å². The van der Waals surface area contributed by atoms with Gasteiger partial charge >= 0.3 is 0 Å². The first-order chi connectivity index (χ1) is 5.52. The van der Waals surface area contributed by atoms with Gasteiger partial charge in [-0.05, 0) is 20.3 Å². The molecule has 0 aromatic rings. The lowest BCUT2D eigenvalue weighted by molar-refractivity contribution is -0.122. The van der Waals surface area contributed by atoms with Crippen LogP contribution < -0.4 is 5.32 Å². The van der Waals surface area contributed by atoms with Crippen LogP contribution in [0.4, 0.5) is 0 Å². The number of nitrogens with zero attached hydrogens (tertiary/aromatic N) is 1. The molecule has 0 aliphatic rings. The number of halogens is 1. The molecule has 0 fully saturated rings. The zero-order valence-electron chi connectivity index (χ0n) is 7.35. The van der Waals surface area contributed by atoms with Gasteiger partial charge in [-0.3, -0.25) is 4.79 Å². The highest BCUT2D eigenvalue weighted by Crippen LogP contribution is 2.00. The fourth-order valence-electron chi connectivity index (χ4n) is 0.666. The molecule has 3 nitrogen and oxygen atoms in total. The number of amides is 1. The van der Waals surface area contributed by atoms with E-state index in [4.69, 9.17) is 16.9 Å². The summed E-state index contributed by atoms with van der Waals surface area (Å²) in [5.41, 5.74) is -0.774. The number of rotatable bonds is 4. The topological polar surface area (TPSA) is 52.9 Å². The van der Waals surface area contributed by atoms with Crippen LogP contribution in [0.25, 0.3) is 0 Å². The van der Waals surface area contributed by atoms with E-state index in [-0.39, 0.29) is 5.91 Å². The summed E-state index contributed by atoms with van der Waals surface area (Å²) in [4.78, 5) is 11.1. The summed E-state index contributed by atoms with van der Waals surface area (Å²) < 4.78 is 0. The van der Waals surface area contributed by atoms with Gasteiger partial charge in [0.05, 0.1) is 6.07 Å². The van der Waals surface area contributed by atoms with Gasteiger partial charge in [-0.15, -0.1) is 11.6 Å². The van der Waals surface area contributed by atoms with Crippen molar-refractivity contribution in [2.24, 2.45) is 0 Å². The van der Waals surface area contributed by atoms with Crippen molar-refractivity contribution < 1.29 is 4.79 Å². The number of hydrogen-bond acceptors (Lipinski definition) is 2. The lowest BCUT2D eigenvalue weighted by Gasteiger charge is -2.16. The lowest BCUT2D eigenvalue weighted by atomic mass is 10.1. The van der Waals surface area contributed by atoms with Gasteiger partial charge in [0.25, 0.3) is 0 Å². The molecule has 0 saturated carbocycles. The smallest absolute Gasteiger partial charge is 0.221 e. The first kappa shape index (κ1) is 11.2. The van der Waals surface area contributed by atoms with Gasteiger partial charge in [0.15, 0.2) is 0 Å². The third-order valence-electron chi connectivity index (χ3n) is 1.27.